The second-order valence-electron chi connectivity index (χ2n) is 7.65. The van der Waals surface area contributed by atoms with E-state index in [0.717, 1.165) is 41.3 Å². The van der Waals surface area contributed by atoms with Crippen molar-refractivity contribution in [1.29, 1.82) is 0 Å². The van der Waals surface area contributed by atoms with E-state index in [9.17, 15) is 4.79 Å². The van der Waals surface area contributed by atoms with E-state index < -0.39 is 0 Å². The van der Waals surface area contributed by atoms with Crippen molar-refractivity contribution < 1.29 is 4.79 Å². The molecule has 1 aliphatic heterocycles. The Bertz CT molecular complexity index is 1030. The molecule has 1 fully saturated rings. The molecule has 162 valence electrons. The second-order valence-corrected chi connectivity index (χ2v) is 10.2. The molecule has 3 aromatic rings. The van der Waals surface area contributed by atoms with Gasteiger partial charge in [0.2, 0.25) is 11.0 Å². The first-order chi connectivity index (χ1) is 15.0. The molecule has 8 heteroatoms. The predicted molar refractivity (Wildman–Crippen MR) is 130 cm³/mol. The Morgan fingerprint density at radius 1 is 1.03 bits per heavy atom. The number of anilines is 3. The average Bonchev–Trinajstić information content (AvgIpc) is 3.24. The number of hydrogen-bond donors (Lipinski definition) is 1. The summed E-state index contributed by atoms with van der Waals surface area (Å²) in [5.74, 6) is 0.164. The predicted octanol–water partition coefficient (Wildman–Crippen LogP) is 4.73. The topological polar surface area (TPSA) is 61.4 Å². The number of aromatic nitrogens is 2. The van der Waals surface area contributed by atoms with Crippen molar-refractivity contribution in [3.63, 3.8) is 0 Å². The number of piperazine rings is 1. The first-order valence-corrected chi connectivity index (χ1v) is 12.1. The summed E-state index contributed by atoms with van der Waals surface area (Å²) >= 11 is 2.96. The van der Waals surface area contributed by atoms with E-state index in [2.05, 4.69) is 64.6 Å². The number of carbonyl (C=O) groups is 1. The smallest absolute Gasteiger partial charge is 0.235 e. The van der Waals surface area contributed by atoms with Crippen LogP contribution in [0.3, 0.4) is 0 Å². The fourth-order valence-corrected chi connectivity index (χ4v) is 5.58. The quantitative estimate of drug-likeness (QED) is 0.545. The highest BCUT2D eigenvalue weighted by Crippen LogP contribution is 2.32. The molecule has 6 nitrogen and oxygen atoms in total. The number of rotatable bonds is 6. The van der Waals surface area contributed by atoms with Crippen LogP contribution in [0, 0.1) is 13.8 Å². The summed E-state index contributed by atoms with van der Waals surface area (Å²) in [6.45, 7) is 9.34. The summed E-state index contributed by atoms with van der Waals surface area (Å²) in [5.41, 5.74) is 4.68. The summed E-state index contributed by atoms with van der Waals surface area (Å²) in [4.78, 5) is 17.2. The minimum absolute atomic E-state index is 0.164. The molecule has 4 rings (SSSR count). The van der Waals surface area contributed by atoms with E-state index in [1.807, 2.05) is 30.0 Å². The minimum Gasteiger partial charge on any atom is -0.368 e. The van der Waals surface area contributed by atoms with Crippen molar-refractivity contribution in [3.05, 3.63) is 59.7 Å². The van der Waals surface area contributed by atoms with Crippen LogP contribution in [0.15, 0.2) is 52.9 Å². The molecule has 31 heavy (non-hydrogen) atoms. The van der Waals surface area contributed by atoms with Gasteiger partial charge in [0.05, 0.1) is 5.25 Å². The Kier molecular flexibility index (Phi) is 6.77. The highest BCUT2D eigenvalue weighted by Gasteiger charge is 2.26. The number of benzene rings is 2. The maximum atomic E-state index is 13.0. The van der Waals surface area contributed by atoms with Gasteiger partial charge >= 0.3 is 0 Å². The molecule has 0 bridgehead atoms. The van der Waals surface area contributed by atoms with E-state index in [0.29, 0.717) is 0 Å². The molecule has 2 heterocycles. The molecule has 0 radical (unpaired) electrons. The number of carbonyl (C=O) groups excluding carboxylic acids is 1. The number of para-hydroxylation sites is 1. The van der Waals surface area contributed by atoms with Crippen LogP contribution in [0.4, 0.5) is 16.5 Å². The van der Waals surface area contributed by atoms with Gasteiger partial charge in [0.15, 0.2) is 4.34 Å². The van der Waals surface area contributed by atoms with Crippen molar-refractivity contribution >= 4 is 45.5 Å². The normalized spacial score (nSPS) is 15.1. The lowest BCUT2D eigenvalue weighted by molar-refractivity contribution is -0.130. The molecule has 0 aliphatic carbocycles. The van der Waals surface area contributed by atoms with Crippen LogP contribution in [-0.4, -0.2) is 52.4 Å². The van der Waals surface area contributed by atoms with Gasteiger partial charge in [0.25, 0.3) is 0 Å². The van der Waals surface area contributed by atoms with Crippen LogP contribution < -0.4 is 10.2 Å². The fraction of sp³-hybridized carbons (Fsp3) is 0.348. The summed E-state index contributed by atoms with van der Waals surface area (Å²) < 4.78 is 0.802. The standard InChI is InChI=1S/C23H27N5OS2/c1-16-8-7-11-20(17(16)2)24-22-25-26-23(31-22)30-18(3)21(29)28-14-12-27(13-15-28)19-9-5-4-6-10-19/h4-11,18H,12-15H2,1-3H3,(H,24,25). The van der Waals surface area contributed by atoms with Crippen LogP contribution in [0.1, 0.15) is 18.1 Å². The second kappa shape index (κ2) is 9.70. The van der Waals surface area contributed by atoms with Gasteiger partial charge < -0.3 is 15.1 Å². The molecule has 1 aliphatic rings. The SMILES string of the molecule is Cc1cccc(Nc2nnc(SC(C)C(=O)N3CCN(c4ccccc4)CC3)s2)c1C. The average molecular weight is 454 g/mol. The molecule has 1 N–H and O–H groups in total. The summed E-state index contributed by atoms with van der Waals surface area (Å²) in [7, 11) is 0. The number of nitrogens with one attached hydrogen (secondary N) is 1. The minimum atomic E-state index is -0.190. The zero-order chi connectivity index (χ0) is 21.8. The zero-order valence-corrected chi connectivity index (χ0v) is 19.7. The van der Waals surface area contributed by atoms with E-state index in [-0.39, 0.29) is 11.2 Å². The Balaban J connectivity index is 1.31. The van der Waals surface area contributed by atoms with Crippen LogP contribution in [0.2, 0.25) is 0 Å². The lowest BCUT2D eigenvalue weighted by Gasteiger charge is -2.37. The lowest BCUT2D eigenvalue weighted by Crippen LogP contribution is -2.50. The van der Waals surface area contributed by atoms with Gasteiger partial charge in [-0.1, -0.05) is 53.4 Å². The maximum Gasteiger partial charge on any atom is 0.235 e. The summed E-state index contributed by atoms with van der Waals surface area (Å²) in [5, 5.41) is 12.4. The Morgan fingerprint density at radius 2 is 1.77 bits per heavy atom. The molecule has 1 unspecified atom stereocenters. The Hall–Kier alpha value is -2.58. The number of amides is 1. The fourth-order valence-electron chi connectivity index (χ4n) is 3.59. The lowest BCUT2D eigenvalue weighted by atomic mass is 10.1. The third kappa shape index (κ3) is 5.19. The molecule has 1 atom stereocenters. The van der Waals surface area contributed by atoms with Crippen molar-refractivity contribution in [2.45, 2.75) is 30.4 Å². The van der Waals surface area contributed by atoms with Crippen LogP contribution in [0.5, 0.6) is 0 Å². The number of aryl methyl sites for hydroxylation is 1. The number of nitrogens with zero attached hydrogens (tertiary/aromatic N) is 4. The van der Waals surface area contributed by atoms with Gasteiger partial charge in [-0.15, -0.1) is 10.2 Å². The first-order valence-electron chi connectivity index (χ1n) is 10.4. The molecule has 0 spiro atoms. The van der Waals surface area contributed by atoms with E-state index in [1.54, 1.807) is 0 Å². The third-order valence-corrected chi connectivity index (χ3v) is 7.60. The molecule has 0 saturated carbocycles. The van der Waals surface area contributed by atoms with E-state index >= 15 is 0 Å². The first kappa shape index (κ1) is 21.6. The van der Waals surface area contributed by atoms with Gasteiger partial charge in [-0.25, -0.2) is 0 Å². The van der Waals surface area contributed by atoms with Crippen molar-refractivity contribution in [1.82, 2.24) is 15.1 Å². The third-order valence-electron chi connectivity index (χ3n) is 5.59. The van der Waals surface area contributed by atoms with Crippen molar-refractivity contribution in [2.75, 3.05) is 36.4 Å². The van der Waals surface area contributed by atoms with Crippen LogP contribution in [-0.2, 0) is 4.79 Å². The molecule has 2 aromatic carbocycles. The summed E-state index contributed by atoms with van der Waals surface area (Å²) in [6, 6.07) is 16.5. The molecular weight excluding hydrogens is 426 g/mol. The van der Waals surface area contributed by atoms with Crippen molar-refractivity contribution in [3.8, 4) is 0 Å². The van der Waals surface area contributed by atoms with Gasteiger partial charge in [-0.2, -0.15) is 0 Å². The maximum absolute atomic E-state index is 13.0. The zero-order valence-electron chi connectivity index (χ0n) is 18.0. The summed E-state index contributed by atoms with van der Waals surface area (Å²) in [6.07, 6.45) is 0. The van der Waals surface area contributed by atoms with Crippen LogP contribution in [0.25, 0.3) is 0 Å². The van der Waals surface area contributed by atoms with E-state index in [4.69, 9.17) is 0 Å². The molecular formula is C23H27N5OS2. The molecule has 1 aromatic heterocycles. The Labute approximate surface area is 191 Å². The van der Waals surface area contributed by atoms with Crippen molar-refractivity contribution in [2.24, 2.45) is 0 Å². The van der Waals surface area contributed by atoms with Gasteiger partial charge in [0.1, 0.15) is 0 Å². The van der Waals surface area contributed by atoms with Gasteiger partial charge in [-0.3, -0.25) is 4.79 Å². The van der Waals surface area contributed by atoms with Crippen LogP contribution >= 0.6 is 23.1 Å². The molecule has 1 saturated heterocycles. The van der Waals surface area contributed by atoms with Gasteiger partial charge in [0, 0.05) is 37.6 Å². The highest BCUT2D eigenvalue weighted by atomic mass is 32.2. The monoisotopic (exact) mass is 453 g/mol. The highest BCUT2D eigenvalue weighted by molar-refractivity contribution is 8.02. The van der Waals surface area contributed by atoms with Gasteiger partial charge in [-0.05, 0) is 50.1 Å². The number of thioether (sulfide) groups is 1. The number of hydrogen-bond acceptors (Lipinski definition) is 7. The van der Waals surface area contributed by atoms with E-state index in [1.165, 1.54) is 39.9 Å². The molecule has 1 amide bonds. The largest absolute Gasteiger partial charge is 0.368 e. The Morgan fingerprint density at radius 3 is 2.52 bits per heavy atom.